The number of benzene rings is 1. The summed E-state index contributed by atoms with van der Waals surface area (Å²) in [6.45, 7) is 13.3. The van der Waals surface area contributed by atoms with Crippen molar-refractivity contribution in [2.24, 2.45) is 7.05 Å². The Morgan fingerprint density at radius 3 is 2.59 bits per heavy atom. The van der Waals surface area contributed by atoms with Gasteiger partial charge in [0, 0.05) is 43.0 Å². The van der Waals surface area contributed by atoms with Crippen LogP contribution in [-0.4, -0.2) is 26.0 Å². The third-order valence-electron chi connectivity index (χ3n) is 4.80. The summed E-state index contributed by atoms with van der Waals surface area (Å²) in [4.78, 5) is 0. The van der Waals surface area contributed by atoms with Crippen LogP contribution < -0.4 is 5.32 Å². The zero-order chi connectivity index (χ0) is 16.4. The van der Waals surface area contributed by atoms with Gasteiger partial charge in [0.05, 0.1) is 0 Å². The van der Waals surface area contributed by atoms with Crippen LogP contribution >= 0.6 is 0 Å². The molecule has 1 N–H and O–H groups in total. The minimum absolute atomic E-state index is 0.290. The molecule has 122 valence electrons. The maximum atomic E-state index is 6.20. The SMILES string of the molecule is Cn1ccc2cc(NCCCO[Si](C)(C)C(C)(C)C)ccc21. The van der Waals surface area contributed by atoms with E-state index in [9.17, 15) is 0 Å². The molecule has 0 saturated carbocycles. The largest absolute Gasteiger partial charge is 0.417 e. The second kappa shape index (κ2) is 6.47. The Kier molecular flexibility index (Phi) is 5.02. The summed E-state index contributed by atoms with van der Waals surface area (Å²) in [5, 5.41) is 5.07. The predicted octanol–water partition coefficient (Wildman–Crippen LogP) is 5.00. The average Bonchev–Trinajstić information content (AvgIpc) is 2.78. The highest BCUT2D eigenvalue weighted by Gasteiger charge is 2.36. The number of nitrogens with one attached hydrogen (secondary N) is 1. The molecule has 0 atom stereocenters. The van der Waals surface area contributed by atoms with Crippen LogP contribution in [0.1, 0.15) is 27.2 Å². The second-order valence-electron chi connectivity index (χ2n) is 7.59. The molecular formula is C18H30N2OSi. The monoisotopic (exact) mass is 318 g/mol. The smallest absolute Gasteiger partial charge is 0.191 e. The quantitative estimate of drug-likeness (QED) is 0.599. The van der Waals surface area contributed by atoms with Crippen LogP contribution in [0, 0.1) is 0 Å². The topological polar surface area (TPSA) is 26.2 Å². The van der Waals surface area contributed by atoms with Crippen LogP contribution in [-0.2, 0) is 11.5 Å². The number of rotatable bonds is 6. The molecule has 0 aliphatic carbocycles. The van der Waals surface area contributed by atoms with Gasteiger partial charge in [0.2, 0.25) is 0 Å². The maximum Gasteiger partial charge on any atom is 0.191 e. The van der Waals surface area contributed by atoms with E-state index in [0.29, 0.717) is 5.04 Å². The third kappa shape index (κ3) is 3.93. The molecule has 0 fully saturated rings. The molecular weight excluding hydrogens is 288 g/mol. The van der Waals surface area contributed by atoms with Crippen LogP contribution in [0.2, 0.25) is 18.1 Å². The van der Waals surface area contributed by atoms with E-state index in [-0.39, 0.29) is 0 Å². The van der Waals surface area contributed by atoms with Crippen molar-refractivity contribution in [1.82, 2.24) is 4.57 Å². The zero-order valence-corrected chi connectivity index (χ0v) is 15.9. The number of anilines is 1. The molecule has 1 aromatic carbocycles. The van der Waals surface area contributed by atoms with Gasteiger partial charge in [0.25, 0.3) is 0 Å². The second-order valence-corrected chi connectivity index (χ2v) is 12.4. The molecule has 2 rings (SSSR count). The number of aromatic nitrogens is 1. The maximum absolute atomic E-state index is 6.20. The molecule has 1 aromatic heterocycles. The van der Waals surface area contributed by atoms with E-state index in [4.69, 9.17) is 4.43 Å². The van der Waals surface area contributed by atoms with E-state index in [2.05, 4.69) is 81.3 Å². The molecule has 0 bridgehead atoms. The average molecular weight is 319 g/mol. The van der Waals surface area contributed by atoms with Crippen molar-refractivity contribution in [2.75, 3.05) is 18.5 Å². The summed E-state index contributed by atoms with van der Waals surface area (Å²) in [6, 6.07) is 8.69. The fourth-order valence-electron chi connectivity index (χ4n) is 2.24. The van der Waals surface area contributed by atoms with Gasteiger partial charge in [-0.1, -0.05) is 20.8 Å². The van der Waals surface area contributed by atoms with Crippen molar-refractivity contribution < 1.29 is 4.43 Å². The van der Waals surface area contributed by atoms with Crippen molar-refractivity contribution in [1.29, 1.82) is 0 Å². The zero-order valence-electron chi connectivity index (χ0n) is 14.9. The van der Waals surface area contributed by atoms with Crippen LogP contribution in [0.4, 0.5) is 5.69 Å². The van der Waals surface area contributed by atoms with Crippen molar-refractivity contribution >= 4 is 24.9 Å². The summed E-state index contributed by atoms with van der Waals surface area (Å²) in [5.41, 5.74) is 2.46. The van der Waals surface area contributed by atoms with Crippen molar-refractivity contribution in [3.8, 4) is 0 Å². The summed E-state index contributed by atoms with van der Waals surface area (Å²) in [6.07, 6.45) is 3.14. The van der Waals surface area contributed by atoms with E-state index >= 15 is 0 Å². The lowest BCUT2D eigenvalue weighted by Gasteiger charge is -2.36. The molecule has 0 aliphatic heterocycles. The summed E-state index contributed by atoms with van der Waals surface area (Å²) in [7, 11) is 0.479. The fraction of sp³-hybridized carbons (Fsp3) is 0.556. The minimum atomic E-state index is -1.60. The molecule has 1 heterocycles. The van der Waals surface area contributed by atoms with Gasteiger partial charge in [-0.25, -0.2) is 0 Å². The Labute approximate surface area is 135 Å². The number of aryl methyl sites for hydroxylation is 1. The molecule has 0 spiro atoms. The first-order valence-electron chi connectivity index (χ1n) is 8.14. The molecule has 4 heteroatoms. The number of nitrogens with zero attached hydrogens (tertiary/aromatic N) is 1. The molecule has 22 heavy (non-hydrogen) atoms. The van der Waals surface area contributed by atoms with Crippen LogP contribution in [0.15, 0.2) is 30.5 Å². The molecule has 0 unspecified atom stereocenters. The summed E-state index contributed by atoms with van der Waals surface area (Å²) in [5.74, 6) is 0. The predicted molar refractivity (Wildman–Crippen MR) is 99.2 cm³/mol. The normalized spacial score (nSPS) is 12.8. The molecule has 3 nitrogen and oxygen atoms in total. The highest BCUT2D eigenvalue weighted by atomic mass is 28.4. The number of hydrogen-bond acceptors (Lipinski definition) is 2. The van der Waals surface area contributed by atoms with E-state index in [1.54, 1.807) is 0 Å². The molecule has 0 saturated heterocycles. The fourth-order valence-corrected chi connectivity index (χ4v) is 3.33. The van der Waals surface area contributed by atoms with Gasteiger partial charge in [-0.05, 0) is 48.8 Å². The van der Waals surface area contributed by atoms with E-state index in [1.807, 2.05) is 0 Å². The Morgan fingerprint density at radius 1 is 1.18 bits per heavy atom. The lowest BCUT2D eigenvalue weighted by atomic mass is 10.2. The molecule has 2 aromatic rings. The summed E-state index contributed by atoms with van der Waals surface area (Å²) < 4.78 is 8.35. The Hall–Kier alpha value is -1.26. The molecule has 0 aliphatic rings. The van der Waals surface area contributed by atoms with Gasteiger partial charge in [-0.2, -0.15) is 0 Å². The number of fused-ring (bicyclic) bond motifs is 1. The first kappa shape index (κ1) is 17.1. The minimum Gasteiger partial charge on any atom is -0.417 e. The number of hydrogen-bond donors (Lipinski definition) is 1. The van der Waals surface area contributed by atoms with Crippen LogP contribution in [0.3, 0.4) is 0 Å². The lowest BCUT2D eigenvalue weighted by Crippen LogP contribution is -2.41. The molecule has 0 amide bonds. The van der Waals surface area contributed by atoms with E-state index in [0.717, 1.165) is 19.6 Å². The van der Waals surface area contributed by atoms with Gasteiger partial charge in [0.15, 0.2) is 8.32 Å². The summed E-state index contributed by atoms with van der Waals surface area (Å²) >= 11 is 0. The lowest BCUT2D eigenvalue weighted by molar-refractivity contribution is 0.286. The van der Waals surface area contributed by atoms with Gasteiger partial charge in [-0.15, -0.1) is 0 Å². The van der Waals surface area contributed by atoms with Gasteiger partial charge >= 0.3 is 0 Å². The Morgan fingerprint density at radius 2 is 1.91 bits per heavy atom. The van der Waals surface area contributed by atoms with Gasteiger partial charge in [0.1, 0.15) is 0 Å². The first-order chi connectivity index (χ1) is 10.2. The Bertz CT molecular complexity index is 626. The van der Waals surface area contributed by atoms with Crippen molar-refractivity contribution in [3.63, 3.8) is 0 Å². The van der Waals surface area contributed by atoms with Gasteiger partial charge < -0.3 is 14.3 Å². The Balaban J connectivity index is 1.78. The van der Waals surface area contributed by atoms with E-state index < -0.39 is 8.32 Å². The van der Waals surface area contributed by atoms with Crippen LogP contribution in [0.25, 0.3) is 10.9 Å². The highest BCUT2D eigenvalue weighted by Crippen LogP contribution is 2.36. The molecule has 0 radical (unpaired) electrons. The van der Waals surface area contributed by atoms with Crippen molar-refractivity contribution in [2.45, 2.75) is 45.3 Å². The van der Waals surface area contributed by atoms with Crippen molar-refractivity contribution in [3.05, 3.63) is 30.5 Å². The standard InChI is InChI=1S/C18H30N2OSi/c1-18(2,3)22(5,6)21-13-7-11-19-16-8-9-17-15(14-16)10-12-20(17)4/h8-10,12,14,19H,7,11,13H2,1-6H3. The van der Waals surface area contributed by atoms with Gasteiger partial charge in [-0.3, -0.25) is 0 Å². The van der Waals surface area contributed by atoms with E-state index in [1.165, 1.54) is 16.6 Å². The highest BCUT2D eigenvalue weighted by molar-refractivity contribution is 6.74. The third-order valence-corrected chi connectivity index (χ3v) is 9.34. The van der Waals surface area contributed by atoms with Crippen LogP contribution in [0.5, 0.6) is 0 Å². The first-order valence-corrected chi connectivity index (χ1v) is 11.0.